The third-order valence-corrected chi connectivity index (χ3v) is 6.23. The fourth-order valence-corrected chi connectivity index (χ4v) is 4.35. The summed E-state index contributed by atoms with van der Waals surface area (Å²) < 4.78 is 15.4. The van der Waals surface area contributed by atoms with E-state index in [-0.39, 0.29) is 49.4 Å². The minimum Gasteiger partial charge on any atom is -0.469 e. The number of hydrogen-bond donors (Lipinski definition) is 1. The Morgan fingerprint density at radius 1 is 1.12 bits per heavy atom. The van der Waals surface area contributed by atoms with Crippen LogP contribution >= 0.6 is 0 Å². The average Bonchev–Trinajstić information content (AvgIpc) is 3.43. The molecule has 0 aromatic heterocycles. The first-order chi connectivity index (χ1) is 15.4. The van der Waals surface area contributed by atoms with Crippen molar-refractivity contribution in [3.8, 4) is 11.5 Å². The van der Waals surface area contributed by atoms with Crippen LogP contribution in [0.1, 0.15) is 26.2 Å². The van der Waals surface area contributed by atoms with Crippen molar-refractivity contribution in [2.75, 3.05) is 38.4 Å². The number of likely N-dealkylation sites (tertiary alicyclic amines) is 1. The monoisotopic (exact) mass is 445 g/mol. The smallest absolute Gasteiger partial charge is 0.308 e. The third-order valence-electron chi connectivity index (χ3n) is 6.23. The van der Waals surface area contributed by atoms with Gasteiger partial charge in [0, 0.05) is 37.8 Å². The average molecular weight is 445 g/mol. The second-order valence-electron chi connectivity index (χ2n) is 8.30. The molecule has 32 heavy (non-hydrogen) atoms. The summed E-state index contributed by atoms with van der Waals surface area (Å²) in [5, 5.41) is 2.75. The van der Waals surface area contributed by atoms with Crippen LogP contribution in [0.15, 0.2) is 18.2 Å². The molecule has 0 radical (unpaired) electrons. The van der Waals surface area contributed by atoms with Crippen LogP contribution in [-0.4, -0.2) is 68.2 Å². The molecule has 1 aromatic carbocycles. The Balaban J connectivity index is 1.30. The number of amides is 3. The van der Waals surface area contributed by atoms with Gasteiger partial charge in [-0.15, -0.1) is 0 Å². The van der Waals surface area contributed by atoms with Crippen molar-refractivity contribution in [2.45, 2.75) is 32.2 Å². The summed E-state index contributed by atoms with van der Waals surface area (Å²) in [6.07, 6.45) is 1.16. The van der Waals surface area contributed by atoms with Crippen LogP contribution in [0.5, 0.6) is 11.5 Å². The van der Waals surface area contributed by atoms with E-state index < -0.39 is 12.0 Å². The Bertz CT molecular complexity index is 926. The Labute approximate surface area is 185 Å². The molecule has 0 saturated carbocycles. The first-order valence-corrected chi connectivity index (χ1v) is 10.7. The molecule has 3 amide bonds. The predicted octanol–water partition coefficient (Wildman–Crippen LogP) is 0.684. The van der Waals surface area contributed by atoms with Gasteiger partial charge in [0.15, 0.2) is 11.5 Å². The van der Waals surface area contributed by atoms with Crippen molar-refractivity contribution in [2.24, 2.45) is 11.8 Å². The number of rotatable bonds is 5. The second kappa shape index (κ2) is 9.05. The number of piperidine rings is 1. The van der Waals surface area contributed by atoms with Gasteiger partial charge in [-0.1, -0.05) is 0 Å². The van der Waals surface area contributed by atoms with Crippen LogP contribution in [0.3, 0.4) is 0 Å². The molecule has 2 fully saturated rings. The lowest BCUT2D eigenvalue weighted by Crippen LogP contribution is -2.51. The van der Waals surface area contributed by atoms with E-state index in [0.29, 0.717) is 43.1 Å². The van der Waals surface area contributed by atoms with E-state index in [2.05, 4.69) is 5.32 Å². The molecule has 10 nitrogen and oxygen atoms in total. The number of nitrogens with zero attached hydrogens (tertiary/aromatic N) is 2. The number of ether oxygens (including phenoxy) is 3. The predicted molar refractivity (Wildman–Crippen MR) is 112 cm³/mol. The Hall–Kier alpha value is -3.30. The van der Waals surface area contributed by atoms with Crippen LogP contribution in [0.25, 0.3) is 0 Å². The summed E-state index contributed by atoms with van der Waals surface area (Å²) in [6, 6.07) is 4.51. The first kappa shape index (κ1) is 21.9. The van der Waals surface area contributed by atoms with Crippen molar-refractivity contribution < 1.29 is 33.4 Å². The number of anilines is 1. The molecular weight excluding hydrogens is 418 g/mol. The molecule has 1 N–H and O–H groups in total. The van der Waals surface area contributed by atoms with E-state index in [1.807, 2.05) is 0 Å². The zero-order valence-corrected chi connectivity index (χ0v) is 18.2. The highest BCUT2D eigenvalue weighted by molar-refractivity contribution is 6.01. The number of hydrogen-bond acceptors (Lipinski definition) is 7. The molecular formula is C22H27N3O7. The Morgan fingerprint density at radius 2 is 1.84 bits per heavy atom. The minimum atomic E-state index is -0.716. The number of esters is 1. The SMILES string of the molecule is COC(=O)C1CCN(C(=O)C(C)NC(=O)C2CC(=O)N(c3ccc4c(c3)OCO4)C2)CC1. The maximum Gasteiger partial charge on any atom is 0.308 e. The van der Waals surface area contributed by atoms with Gasteiger partial charge in [0.05, 0.1) is 18.9 Å². The first-order valence-electron chi connectivity index (χ1n) is 10.7. The van der Waals surface area contributed by atoms with Gasteiger partial charge in [0.2, 0.25) is 24.5 Å². The highest BCUT2D eigenvalue weighted by Crippen LogP contribution is 2.37. The summed E-state index contributed by atoms with van der Waals surface area (Å²) in [5.41, 5.74) is 0.646. The van der Waals surface area contributed by atoms with Crippen LogP contribution in [0.2, 0.25) is 0 Å². The summed E-state index contributed by atoms with van der Waals surface area (Å²) in [7, 11) is 1.36. The fourth-order valence-electron chi connectivity index (χ4n) is 4.35. The number of carbonyl (C=O) groups excluding carboxylic acids is 4. The number of nitrogens with one attached hydrogen (secondary N) is 1. The minimum absolute atomic E-state index is 0.0751. The Morgan fingerprint density at radius 3 is 2.56 bits per heavy atom. The van der Waals surface area contributed by atoms with Crippen LogP contribution < -0.4 is 19.7 Å². The largest absolute Gasteiger partial charge is 0.469 e. The summed E-state index contributed by atoms with van der Waals surface area (Å²) >= 11 is 0. The molecule has 2 unspecified atom stereocenters. The lowest BCUT2D eigenvalue weighted by molar-refractivity contribution is -0.149. The van der Waals surface area contributed by atoms with Crippen molar-refractivity contribution in [1.82, 2.24) is 10.2 Å². The summed E-state index contributed by atoms with van der Waals surface area (Å²) in [4.78, 5) is 52.9. The van der Waals surface area contributed by atoms with Crippen molar-refractivity contribution in [3.63, 3.8) is 0 Å². The number of fused-ring (bicyclic) bond motifs is 1. The van der Waals surface area contributed by atoms with Gasteiger partial charge >= 0.3 is 5.97 Å². The lowest BCUT2D eigenvalue weighted by Gasteiger charge is -2.32. The van der Waals surface area contributed by atoms with E-state index in [0.717, 1.165) is 0 Å². The van der Waals surface area contributed by atoms with Crippen LogP contribution in [0.4, 0.5) is 5.69 Å². The van der Waals surface area contributed by atoms with Gasteiger partial charge in [-0.25, -0.2) is 0 Å². The molecule has 2 saturated heterocycles. The van der Waals surface area contributed by atoms with E-state index in [4.69, 9.17) is 14.2 Å². The molecule has 0 bridgehead atoms. The van der Waals surface area contributed by atoms with Gasteiger partial charge in [-0.2, -0.15) is 0 Å². The zero-order valence-electron chi connectivity index (χ0n) is 18.2. The number of carbonyl (C=O) groups is 4. The van der Waals surface area contributed by atoms with Crippen molar-refractivity contribution in [3.05, 3.63) is 18.2 Å². The zero-order chi connectivity index (χ0) is 22.8. The molecule has 3 aliphatic heterocycles. The van der Waals surface area contributed by atoms with Crippen LogP contribution in [-0.2, 0) is 23.9 Å². The molecule has 0 spiro atoms. The van der Waals surface area contributed by atoms with Gasteiger partial charge in [-0.05, 0) is 31.9 Å². The van der Waals surface area contributed by atoms with Crippen LogP contribution in [0, 0.1) is 11.8 Å². The second-order valence-corrected chi connectivity index (χ2v) is 8.30. The van der Waals surface area contributed by atoms with Gasteiger partial charge in [-0.3, -0.25) is 19.2 Å². The standard InChI is InChI=1S/C22H27N3O7/c1-13(21(28)24-7-5-14(6-8-24)22(29)30-2)23-20(27)15-9-19(26)25(11-15)16-3-4-17-18(10-16)32-12-31-17/h3-4,10,13-15H,5-9,11-12H2,1-2H3,(H,23,27). The quantitative estimate of drug-likeness (QED) is 0.663. The normalized spacial score (nSPS) is 21.4. The number of benzene rings is 1. The van der Waals surface area contributed by atoms with Crippen molar-refractivity contribution >= 4 is 29.4 Å². The molecule has 3 aliphatic rings. The molecule has 172 valence electrons. The fraction of sp³-hybridized carbons (Fsp3) is 0.545. The molecule has 10 heteroatoms. The molecule has 1 aromatic rings. The molecule has 2 atom stereocenters. The third kappa shape index (κ3) is 4.35. The molecule has 3 heterocycles. The highest BCUT2D eigenvalue weighted by Gasteiger charge is 2.37. The van der Waals surface area contributed by atoms with E-state index in [1.165, 1.54) is 7.11 Å². The maximum atomic E-state index is 12.8. The van der Waals surface area contributed by atoms with Gasteiger partial charge in [0.25, 0.3) is 0 Å². The topological polar surface area (TPSA) is 114 Å². The molecule has 0 aliphatic carbocycles. The summed E-state index contributed by atoms with van der Waals surface area (Å²) in [6.45, 7) is 2.90. The van der Waals surface area contributed by atoms with E-state index in [1.54, 1.807) is 34.9 Å². The van der Waals surface area contributed by atoms with E-state index >= 15 is 0 Å². The highest BCUT2D eigenvalue weighted by atomic mass is 16.7. The summed E-state index contributed by atoms with van der Waals surface area (Å²) in [5.74, 6) is -0.486. The van der Waals surface area contributed by atoms with E-state index in [9.17, 15) is 19.2 Å². The van der Waals surface area contributed by atoms with Gasteiger partial charge in [0.1, 0.15) is 6.04 Å². The molecule has 4 rings (SSSR count). The lowest BCUT2D eigenvalue weighted by atomic mass is 9.96. The van der Waals surface area contributed by atoms with Crippen molar-refractivity contribution in [1.29, 1.82) is 0 Å². The Kier molecular flexibility index (Phi) is 6.20. The van der Waals surface area contributed by atoms with Gasteiger partial charge < -0.3 is 29.3 Å². The number of methoxy groups -OCH3 is 1. The maximum absolute atomic E-state index is 12.8.